The van der Waals surface area contributed by atoms with Gasteiger partial charge in [-0.25, -0.2) is 0 Å². The standard InChI is InChI=1S/C16H18O3Si/c1-18-16-11-13(12-17)9-10-15(16)19-20(2,3)14-7-5-4-6-8-14/h4-12H,1-3H3. The van der Waals surface area contributed by atoms with E-state index in [1.165, 1.54) is 5.19 Å². The highest BCUT2D eigenvalue weighted by Gasteiger charge is 2.28. The zero-order chi connectivity index (χ0) is 14.6. The lowest BCUT2D eigenvalue weighted by Crippen LogP contribution is -2.47. The summed E-state index contributed by atoms with van der Waals surface area (Å²) in [6.07, 6.45) is 0.798. The molecule has 0 amide bonds. The van der Waals surface area contributed by atoms with Gasteiger partial charge in [-0.1, -0.05) is 30.3 Å². The Morgan fingerprint density at radius 1 is 1.00 bits per heavy atom. The van der Waals surface area contributed by atoms with Gasteiger partial charge in [-0.3, -0.25) is 4.79 Å². The minimum absolute atomic E-state index is 0.577. The van der Waals surface area contributed by atoms with Gasteiger partial charge in [0, 0.05) is 5.56 Å². The van der Waals surface area contributed by atoms with Crippen LogP contribution in [0.25, 0.3) is 0 Å². The van der Waals surface area contributed by atoms with Gasteiger partial charge < -0.3 is 9.16 Å². The molecule has 20 heavy (non-hydrogen) atoms. The summed E-state index contributed by atoms with van der Waals surface area (Å²) in [6.45, 7) is 4.27. The molecule has 104 valence electrons. The Kier molecular flexibility index (Phi) is 4.25. The van der Waals surface area contributed by atoms with Crippen molar-refractivity contribution in [2.24, 2.45) is 0 Å². The number of carbonyl (C=O) groups is 1. The van der Waals surface area contributed by atoms with Crippen LogP contribution >= 0.6 is 0 Å². The first-order valence-corrected chi connectivity index (χ1v) is 9.35. The van der Waals surface area contributed by atoms with Crippen LogP contribution in [-0.4, -0.2) is 21.7 Å². The fourth-order valence-electron chi connectivity index (χ4n) is 2.02. The lowest BCUT2D eigenvalue weighted by Gasteiger charge is -2.25. The highest BCUT2D eigenvalue weighted by molar-refractivity contribution is 6.85. The van der Waals surface area contributed by atoms with E-state index in [0.29, 0.717) is 17.1 Å². The number of rotatable bonds is 5. The average Bonchev–Trinajstić information content (AvgIpc) is 2.48. The molecular formula is C16H18O3Si. The number of aldehydes is 1. The van der Waals surface area contributed by atoms with Crippen LogP contribution < -0.4 is 14.3 Å². The number of ether oxygens (including phenoxy) is 1. The molecule has 0 aliphatic carbocycles. The highest BCUT2D eigenvalue weighted by Crippen LogP contribution is 2.29. The van der Waals surface area contributed by atoms with Crippen molar-refractivity contribution in [3.05, 3.63) is 54.1 Å². The lowest BCUT2D eigenvalue weighted by atomic mass is 10.2. The van der Waals surface area contributed by atoms with E-state index >= 15 is 0 Å². The topological polar surface area (TPSA) is 35.5 Å². The number of hydrogen-bond acceptors (Lipinski definition) is 3. The summed E-state index contributed by atoms with van der Waals surface area (Å²) in [5.74, 6) is 1.27. The fourth-order valence-corrected chi connectivity index (χ4v) is 3.85. The quantitative estimate of drug-likeness (QED) is 0.626. The second-order valence-electron chi connectivity index (χ2n) is 5.01. The summed E-state index contributed by atoms with van der Waals surface area (Å²) < 4.78 is 11.5. The minimum atomic E-state index is -2.06. The molecule has 2 rings (SSSR count). The van der Waals surface area contributed by atoms with Crippen LogP contribution in [0.5, 0.6) is 11.5 Å². The van der Waals surface area contributed by atoms with Gasteiger partial charge in [-0.15, -0.1) is 0 Å². The maximum absolute atomic E-state index is 10.8. The maximum Gasteiger partial charge on any atom is 0.277 e. The third-order valence-electron chi connectivity index (χ3n) is 3.16. The van der Waals surface area contributed by atoms with Gasteiger partial charge in [0.25, 0.3) is 8.32 Å². The molecule has 0 N–H and O–H groups in total. The van der Waals surface area contributed by atoms with Gasteiger partial charge in [0.2, 0.25) is 0 Å². The zero-order valence-electron chi connectivity index (χ0n) is 11.9. The minimum Gasteiger partial charge on any atom is -0.537 e. The summed E-state index contributed by atoms with van der Waals surface area (Å²) in [7, 11) is -0.487. The maximum atomic E-state index is 10.8. The van der Waals surface area contributed by atoms with Crippen LogP contribution in [0, 0.1) is 0 Å². The van der Waals surface area contributed by atoms with Crippen molar-refractivity contribution in [3.63, 3.8) is 0 Å². The normalized spacial score (nSPS) is 10.9. The molecule has 0 atom stereocenters. The van der Waals surface area contributed by atoms with Crippen molar-refractivity contribution in [2.75, 3.05) is 7.11 Å². The fraction of sp³-hybridized carbons (Fsp3) is 0.188. The Labute approximate surface area is 120 Å². The molecular weight excluding hydrogens is 268 g/mol. The number of benzene rings is 2. The van der Waals surface area contributed by atoms with E-state index in [2.05, 4.69) is 25.2 Å². The first-order valence-electron chi connectivity index (χ1n) is 6.44. The predicted octanol–water partition coefficient (Wildman–Crippen LogP) is 3.00. The largest absolute Gasteiger partial charge is 0.537 e. The van der Waals surface area contributed by atoms with E-state index in [1.807, 2.05) is 18.2 Å². The molecule has 0 fully saturated rings. The summed E-state index contributed by atoms with van der Waals surface area (Å²) in [6, 6.07) is 15.4. The monoisotopic (exact) mass is 286 g/mol. The molecule has 0 aromatic heterocycles. The molecule has 0 aliphatic heterocycles. The third kappa shape index (κ3) is 3.08. The van der Waals surface area contributed by atoms with Crippen LogP contribution in [0.2, 0.25) is 13.1 Å². The molecule has 4 heteroatoms. The summed E-state index contributed by atoms with van der Waals surface area (Å²) in [5.41, 5.74) is 0.577. The first kappa shape index (κ1) is 14.3. The number of carbonyl (C=O) groups excluding carboxylic acids is 1. The predicted molar refractivity (Wildman–Crippen MR) is 82.6 cm³/mol. The molecule has 2 aromatic carbocycles. The Morgan fingerprint density at radius 3 is 2.30 bits per heavy atom. The third-order valence-corrected chi connectivity index (χ3v) is 5.61. The van der Waals surface area contributed by atoms with E-state index in [4.69, 9.17) is 9.16 Å². The average molecular weight is 286 g/mol. The van der Waals surface area contributed by atoms with E-state index < -0.39 is 8.32 Å². The molecule has 0 bridgehead atoms. The van der Waals surface area contributed by atoms with E-state index in [0.717, 1.165) is 6.29 Å². The smallest absolute Gasteiger partial charge is 0.277 e. The van der Waals surface area contributed by atoms with Crippen LogP contribution in [-0.2, 0) is 0 Å². The van der Waals surface area contributed by atoms with Gasteiger partial charge in [0.1, 0.15) is 12.0 Å². The van der Waals surface area contributed by atoms with Crippen LogP contribution in [0.4, 0.5) is 0 Å². The van der Waals surface area contributed by atoms with Crippen molar-refractivity contribution < 1.29 is 14.0 Å². The molecule has 2 aromatic rings. The van der Waals surface area contributed by atoms with Crippen LogP contribution in [0.1, 0.15) is 10.4 Å². The molecule has 0 spiro atoms. The molecule has 0 heterocycles. The van der Waals surface area contributed by atoms with Crippen LogP contribution in [0.3, 0.4) is 0 Å². The summed E-state index contributed by atoms with van der Waals surface area (Å²) >= 11 is 0. The van der Waals surface area contributed by atoms with Gasteiger partial charge >= 0.3 is 0 Å². The Morgan fingerprint density at radius 2 is 1.70 bits per heavy atom. The van der Waals surface area contributed by atoms with Gasteiger partial charge in [-0.05, 0) is 36.5 Å². The second-order valence-corrected chi connectivity index (χ2v) is 8.81. The van der Waals surface area contributed by atoms with Crippen molar-refractivity contribution in [1.29, 1.82) is 0 Å². The summed E-state index contributed by atoms with van der Waals surface area (Å²) in [5, 5.41) is 1.21. The zero-order valence-corrected chi connectivity index (χ0v) is 12.9. The second kappa shape index (κ2) is 5.92. The number of hydrogen-bond donors (Lipinski definition) is 0. The van der Waals surface area contributed by atoms with E-state index in [-0.39, 0.29) is 0 Å². The summed E-state index contributed by atoms with van der Waals surface area (Å²) in [4.78, 5) is 10.8. The molecule has 0 unspecified atom stereocenters. The van der Waals surface area contributed by atoms with Gasteiger partial charge in [0.15, 0.2) is 5.75 Å². The Hall–Kier alpha value is -2.07. The molecule has 0 saturated carbocycles. The first-order chi connectivity index (χ1) is 9.56. The van der Waals surface area contributed by atoms with Crippen molar-refractivity contribution in [1.82, 2.24) is 0 Å². The molecule has 0 radical (unpaired) electrons. The molecule has 3 nitrogen and oxygen atoms in total. The number of methoxy groups -OCH3 is 1. The van der Waals surface area contributed by atoms with Crippen LogP contribution in [0.15, 0.2) is 48.5 Å². The van der Waals surface area contributed by atoms with Gasteiger partial charge in [0.05, 0.1) is 7.11 Å². The van der Waals surface area contributed by atoms with Crippen molar-refractivity contribution in [3.8, 4) is 11.5 Å². The molecule has 0 aliphatic rings. The Bertz CT molecular complexity index is 594. The van der Waals surface area contributed by atoms with Crippen molar-refractivity contribution >= 4 is 19.8 Å². The lowest BCUT2D eigenvalue weighted by molar-refractivity contribution is 0.112. The SMILES string of the molecule is COc1cc(C=O)ccc1O[Si](C)(C)c1ccccc1. The van der Waals surface area contributed by atoms with Gasteiger partial charge in [-0.2, -0.15) is 0 Å². The van der Waals surface area contributed by atoms with E-state index in [9.17, 15) is 4.79 Å². The molecule has 0 saturated heterocycles. The Balaban J connectivity index is 2.31. The van der Waals surface area contributed by atoms with E-state index in [1.54, 1.807) is 25.3 Å². The highest BCUT2D eigenvalue weighted by atomic mass is 28.4. The van der Waals surface area contributed by atoms with Crippen molar-refractivity contribution in [2.45, 2.75) is 13.1 Å².